The molecule has 3 aromatic carbocycles. The number of nitrogens with zero attached hydrogens (tertiary/aromatic N) is 3. The summed E-state index contributed by atoms with van der Waals surface area (Å²) in [5, 5.41) is 23.0. The first-order valence-electron chi connectivity index (χ1n) is 11.5. The summed E-state index contributed by atoms with van der Waals surface area (Å²) in [7, 11) is -4.06. The molecule has 11 nitrogen and oxygen atoms in total. The fraction of sp³-hybridized carbons (Fsp3) is 0.240. The van der Waals surface area contributed by atoms with Gasteiger partial charge in [0.2, 0.25) is 10.0 Å². The van der Waals surface area contributed by atoms with Crippen molar-refractivity contribution < 1.29 is 23.1 Å². The molecule has 0 fully saturated rings. The van der Waals surface area contributed by atoms with Gasteiger partial charge in [0, 0.05) is 47.6 Å². The topological polar surface area (TPSA) is 153 Å². The monoisotopic (exact) mass is 524 g/mol. The molecule has 1 aliphatic rings. The number of para-hydroxylation sites is 2. The van der Waals surface area contributed by atoms with Crippen LogP contribution >= 0.6 is 0 Å². The van der Waals surface area contributed by atoms with Crippen LogP contribution in [0.5, 0.6) is 0 Å². The van der Waals surface area contributed by atoms with E-state index in [2.05, 4.69) is 4.72 Å². The summed E-state index contributed by atoms with van der Waals surface area (Å²) >= 11 is 0. The fourth-order valence-electron chi connectivity index (χ4n) is 4.33. The number of carbonyl (C=O) groups is 1. The van der Waals surface area contributed by atoms with Crippen LogP contribution in [0.2, 0.25) is 0 Å². The Morgan fingerprint density at radius 2 is 1.59 bits per heavy atom. The smallest absolute Gasteiger partial charge is 0.274 e. The lowest BCUT2D eigenvalue weighted by Gasteiger charge is -2.23. The normalized spacial score (nSPS) is 13.5. The van der Waals surface area contributed by atoms with Crippen LogP contribution in [0.3, 0.4) is 0 Å². The van der Waals surface area contributed by atoms with Crippen molar-refractivity contribution in [3.05, 3.63) is 109 Å². The van der Waals surface area contributed by atoms with Crippen molar-refractivity contribution in [1.82, 2.24) is 4.72 Å². The second-order valence-electron chi connectivity index (χ2n) is 8.61. The van der Waals surface area contributed by atoms with Gasteiger partial charge in [0.1, 0.15) is 0 Å². The van der Waals surface area contributed by atoms with Crippen LogP contribution in [0.4, 0.5) is 17.1 Å². The number of fused-ring (bicyclic) bond motifs is 1. The van der Waals surface area contributed by atoms with Crippen LogP contribution in [0.15, 0.2) is 66.7 Å². The highest BCUT2D eigenvalue weighted by atomic mass is 32.2. The summed E-state index contributed by atoms with van der Waals surface area (Å²) in [6.45, 7) is 0.0666. The Labute approximate surface area is 213 Å². The summed E-state index contributed by atoms with van der Waals surface area (Å²) in [4.78, 5) is 36.6. The highest BCUT2D eigenvalue weighted by Gasteiger charge is 2.26. The minimum absolute atomic E-state index is 0.00632. The number of carbonyl (C=O) groups excluding carboxylic acids is 1. The summed E-state index contributed by atoms with van der Waals surface area (Å²) in [6.07, 6.45) is 2.55. The average Bonchev–Trinajstić information content (AvgIpc) is 3.09. The van der Waals surface area contributed by atoms with Crippen molar-refractivity contribution in [1.29, 1.82) is 0 Å². The third-order valence-electron chi connectivity index (χ3n) is 6.15. The van der Waals surface area contributed by atoms with Gasteiger partial charge < -0.3 is 4.90 Å². The summed E-state index contributed by atoms with van der Waals surface area (Å²) < 4.78 is 27.5. The van der Waals surface area contributed by atoms with E-state index in [0.29, 0.717) is 6.54 Å². The molecule has 0 aliphatic carbocycles. The van der Waals surface area contributed by atoms with Crippen molar-refractivity contribution in [2.24, 2.45) is 0 Å². The number of anilines is 1. The molecule has 37 heavy (non-hydrogen) atoms. The first-order valence-corrected chi connectivity index (χ1v) is 13.2. The number of nitro benzene ring substituents is 2. The summed E-state index contributed by atoms with van der Waals surface area (Å²) in [5.41, 5.74) is 1.25. The van der Waals surface area contributed by atoms with Gasteiger partial charge in [-0.1, -0.05) is 42.5 Å². The zero-order valence-electron chi connectivity index (χ0n) is 19.7. The third kappa shape index (κ3) is 5.98. The van der Waals surface area contributed by atoms with E-state index in [1.807, 2.05) is 24.3 Å². The number of sulfonamides is 1. The van der Waals surface area contributed by atoms with Crippen molar-refractivity contribution in [3.8, 4) is 0 Å². The Kier molecular flexibility index (Phi) is 7.60. The number of rotatable bonds is 8. The first kappa shape index (κ1) is 25.9. The Morgan fingerprint density at radius 3 is 2.35 bits per heavy atom. The number of hydrogen-bond donors (Lipinski definition) is 1. The maximum atomic E-state index is 13.3. The van der Waals surface area contributed by atoms with Gasteiger partial charge in [0.25, 0.3) is 17.3 Å². The number of amides is 1. The molecule has 0 spiro atoms. The minimum atomic E-state index is -4.06. The van der Waals surface area contributed by atoms with E-state index < -0.39 is 37.9 Å². The maximum Gasteiger partial charge on any atom is 0.274 e. The van der Waals surface area contributed by atoms with Crippen molar-refractivity contribution >= 4 is 33.0 Å². The minimum Gasteiger partial charge on any atom is -0.308 e. The van der Waals surface area contributed by atoms with Crippen molar-refractivity contribution in [2.45, 2.75) is 31.6 Å². The molecule has 1 N–H and O–H groups in total. The first-order chi connectivity index (χ1) is 17.7. The van der Waals surface area contributed by atoms with E-state index in [9.17, 15) is 33.4 Å². The summed E-state index contributed by atoms with van der Waals surface area (Å²) in [6, 6.07) is 17.0. The molecule has 0 saturated heterocycles. The number of hydrogen-bond acceptors (Lipinski definition) is 7. The quantitative estimate of drug-likeness (QED) is 0.344. The molecule has 0 saturated carbocycles. The Morgan fingerprint density at radius 1 is 0.892 bits per heavy atom. The molecule has 3 aromatic rings. The highest BCUT2D eigenvalue weighted by molar-refractivity contribution is 7.88. The lowest BCUT2D eigenvalue weighted by atomic mass is 10.1. The molecule has 0 radical (unpaired) electrons. The Balaban J connectivity index is 1.55. The lowest BCUT2D eigenvalue weighted by Crippen LogP contribution is -2.32. The van der Waals surface area contributed by atoms with Gasteiger partial charge in [-0.25, -0.2) is 13.1 Å². The molecular weight excluding hydrogens is 500 g/mol. The third-order valence-corrected chi connectivity index (χ3v) is 7.43. The van der Waals surface area contributed by atoms with Crippen LogP contribution in [0, 0.1) is 20.2 Å². The average molecular weight is 525 g/mol. The Hall–Kier alpha value is -4.16. The van der Waals surface area contributed by atoms with E-state index in [-0.39, 0.29) is 28.3 Å². The SMILES string of the molecule is O=C(c1ccc(CNS(=O)(=O)Cc2ccccc2[N+](=O)[O-])c([N+](=O)[O-])c1)N1CCCCc2ccccc21. The van der Waals surface area contributed by atoms with Crippen molar-refractivity contribution in [2.75, 3.05) is 11.4 Å². The highest BCUT2D eigenvalue weighted by Crippen LogP contribution is 2.29. The molecule has 0 aromatic heterocycles. The number of nitrogens with one attached hydrogen (secondary N) is 1. The molecule has 4 rings (SSSR count). The standard InChI is InChI=1S/C25H24N4O7S/c30-25(27-14-6-5-8-18-7-1-3-10-22(18)27)19-12-13-20(24(15-19)29(33)34)16-26-37(35,36)17-21-9-2-4-11-23(21)28(31)32/h1-4,7,9-13,15,26H,5-6,8,14,16-17H2. The van der Waals surface area contributed by atoms with E-state index in [0.717, 1.165) is 36.6 Å². The van der Waals surface area contributed by atoms with Crippen molar-refractivity contribution in [3.63, 3.8) is 0 Å². The zero-order valence-corrected chi connectivity index (χ0v) is 20.5. The van der Waals surface area contributed by atoms with Gasteiger partial charge in [-0.05, 0) is 37.0 Å². The maximum absolute atomic E-state index is 13.3. The lowest BCUT2D eigenvalue weighted by molar-refractivity contribution is -0.385. The molecule has 0 atom stereocenters. The van der Waals surface area contributed by atoms with Gasteiger partial charge in [0.15, 0.2) is 0 Å². The number of benzene rings is 3. The van der Waals surface area contributed by atoms with Gasteiger partial charge in [-0.15, -0.1) is 0 Å². The molecule has 0 unspecified atom stereocenters. The fourth-order valence-corrected chi connectivity index (χ4v) is 5.46. The van der Waals surface area contributed by atoms with Gasteiger partial charge in [-0.3, -0.25) is 25.0 Å². The van der Waals surface area contributed by atoms with Gasteiger partial charge in [0.05, 0.1) is 15.6 Å². The summed E-state index contributed by atoms with van der Waals surface area (Å²) in [5.74, 6) is -1.04. The molecule has 1 aliphatic heterocycles. The van der Waals surface area contributed by atoms with Crippen LogP contribution in [-0.2, 0) is 28.7 Å². The number of nitro groups is 2. The largest absolute Gasteiger partial charge is 0.308 e. The molecule has 12 heteroatoms. The predicted molar refractivity (Wildman–Crippen MR) is 137 cm³/mol. The second-order valence-corrected chi connectivity index (χ2v) is 10.4. The zero-order chi connectivity index (χ0) is 26.6. The second kappa shape index (κ2) is 10.8. The molecule has 1 heterocycles. The van der Waals surface area contributed by atoms with E-state index >= 15 is 0 Å². The van der Waals surface area contributed by atoms with Crippen LogP contribution in [-0.4, -0.2) is 30.7 Å². The molecular formula is C25H24N4O7S. The van der Waals surface area contributed by atoms with Gasteiger partial charge >= 0.3 is 0 Å². The van der Waals surface area contributed by atoms with Gasteiger partial charge in [-0.2, -0.15) is 0 Å². The van der Waals surface area contributed by atoms with Crippen LogP contribution < -0.4 is 9.62 Å². The van der Waals surface area contributed by atoms with Crippen LogP contribution in [0.1, 0.15) is 39.9 Å². The van der Waals surface area contributed by atoms with E-state index in [4.69, 9.17) is 0 Å². The predicted octanol–water partition coefficient (Wildman–Crippen LogP) is 4.11. The Bertz CT molecular complexity index is 1470. The van der Waals surface area contributed by atoms with Crippen LogP contribution in [0.25, 0.3) is 0 Å². The molecule has 1 amide bonds. The van der Waals surface area contributed by atoms with E-state index in [1.54, 1.807) is 4.90 Å². The molecule has 0 bridgehead atoms. The van der Waals surface area contributed by atoms with E-state index in [1.165, 1.54) is 36.4 Å². The molecule has 192 valence electrons. The number of aryl methyl sites for hydroxylation is 1.